The summed E-state index contributed by atoms with van der Waals surface area (Å²) in [5, 5.41) is 16.9. The molecule has 2 aromatic rings. The summed E-state index contributed by atoms with van der Waals surface area (Å²) in [6.45, 7) is 5.14. The van der Waals surface area contributed by atoms with Crippen LogP contribution in [0.1, 0.15) is 25.5 Å². The van der Waals surface area contributed by atoms with Crippen LogP contribution in [0.5, 0.6) is 0 Å². The minimum absolute atomic E-state index is 0.0219. The lowest BCUT2D eigenvalue weighted by Gasteiger charge is -2.38. The topological polar surface area (TPSA) is 85.9 Å². The molecule has 1 saturated carbocycles. The second kappa shape index (κ2) is 6.71. The van der Waals surface area contributed by atoms with E-state index in [-0.39, 0.29) is 23.5 Å². The largest absolute Gasteiger partial charge is 0.364 e. The van der Waals surface area contributed by atoms with Crippen molar-refractivity contribution in [2.75, 3.05) is 38.1 Å². The van der Waals surface area contributed by atoms with Crippen LogP contribution in [0.25, 0.3) is 5.52 Å². The predicted molar refractivity (Wildman–Crippen MR) is 108 cm³/mol. The Morgan fingerprint density at radius 3 is 2.90 bits per heavy atom. The highest BCUT2D eigenvalue weighted by Crippen LogP contribution is 2.52. The van der Waals surface area contributed by atoms with Crippen LogP contribution in [-0.2, 0) is 9.53 Å². The van der Waals surface area contributed by atoms with Crippen LogP contribution in [0.3, 0.4) is 0 Å². The molecule has 0 bridgehead atoms. The van der Waals surface area contributed by atoms with Crippen molar-refractivity contribution in [3.63, 3.8) is 0 Å². The van der Waals surface area contributed by atoms with Crippen LogP contribution in [0.2, 0.25) is 0 Å². The van der Waals surface area contributed by atoms with Crippen LogP contribution < -0.4 is 10.2 Å². The van der Waals surface area contributed by atoms with E-state index >= 15 is 0 Å². The molecule has 2 aromatic heterocycles. The first-order valence-corrected chi connectivity index (χ1v) is 10.3. The Kier molecular flexibility index (Phi) is 4.26. The molecule has 2 aliphatic heterocycles. The number of rotatable bonds is 3. The van der Waals surface area contributed by atoms with Crippen molar-refractivity contribution in [3.8, 4) is 6.07 Å². The maximum absolute atomic E-state index is 13.1. The predicted octanol–water partition coefficient (Wildman–Crippen LogP) is 1.01. The number of carbonyl (C=O) groups is 1. The molecule has 4 heterocycles. The van der Waals surface area contributed by atoms with Gasteiger partial charge in [-0.25, -0.2) is 4.52 Å². The molecule has 1 amide bonds. The van der Waals surface area contributed by atoms with E-state index in [1.54, 1.807) is 16.8 Å². The summed E-state index contributed by atoms with van der Waals surface area (Å²) in [5.41, 5.74) is 2.60. The number of aromatic nitrogens is 2. The first-order chi connectivity index (χ1) is 14.0. The van der Waals surface area contributed by atoms with Gasteiger partial charge >= 0.3 is 0 Å². The highest BCUT2D eigenvalue weighted by molar-refractivity contribution is 5.83. The fourth-order valence-corrected chi connectivity index (χ4v) is 5.00. The number of ether oxygens (including phenoxy) is 1. The van der Waals surface area contributed by atoms with E-state index in [1.165, 1.54) is 12.8 Å². The third-order valence-electron chi connectivity index (χ3n) is 6.57. The van der Waals surface area contributed by atoms with Gasteiger partial charge < -0.3 is 19.9 Å². The minimum Gasteiger partial charge on any atom is -0.364 e. The Morgan fingerprint density at radius 1 is 1.31 bits per heavy atom. The van der Waals surface area contributed by atoms with Crippen molar-refractivity contribution in [1.29, 1.82) is 5.26 Å². The Morgan fingerprint density at radius 2 is 2.14 bits per heavy atom. The van der Waals surface area contributed by atoms with Gasteiger partial charge in [0.15, 0.2) is 6.10 Å². The zero-order chi connectivity index (χ0) is 20.2. The monoisotopic (exact) mass is 394 g/mol. The highest BCUT2D eigenvalue weighted by atomic mass is 16.5. The smallest absolute Gasteiger partial charge is 0.251 e. The van der Waals surface area contributed by atoms with E-state index in [9.17, 15) is 10.1 Å². The number of nitriles is 1. The lowest BCUT2D eigenvalue weighted by Crippen LogP contribution is -2.55. The van der Waals surface area contributed by atoms with Crippen LogP contribution in [0, 0.1) is 16.7 Å². The Balaban J connectivity index is 1.35. The molecule has 2 saturated heterocycles. The van der Waals surface area contributed by atoms with Crippen molar-refractivity contribution in [2.45, 2.75) is 38.0 Å². The second-order valence-corrected chi connectivity index (χ2v) is 8.80. The second-order valence-electron chi connectivity index (χ2n) is 8.80. The Bertz CT molecular complexity index is 991. The third kappa shape index (κ3) is 3.15. The maximum atomic E-state index is 13.1. The van der Waals surface area contributed by atoms with Gasteiger partial charge in [0.2, 0.25) is 0 Å². The average Bonchev–Trinajstić information content (AvgIpc) is 3.17. The molecule has 1 N–H and O–H groups in total. The Hall–Kier alpha value is -2.63. The van der Waals surface area contributed by atoms with Gasteiger partial charge in [-0.1, -0.05) is 0 Å². The standard InChI is InChI=1S/C21H26N6O2/c1-14-10-26(16-4-3-15(9-22)27-17(16)5-8-23-27)11-18(29-14)20(28)24-19-12-25(2)13-21(19)6-7-21/h3-5,8,14,18-19H,6-7,10-13H2,1-2H3,(H,24,28)/t14-,18-,19?/m1/s1. The molecule has 29 heavy (non-hydrogen) atoms. The quantitative estimate of drug-likeness (QED) is 0.836. The lowest BCUT2D eigenvalue weighted by atomic mass is 10.0. The molecule has 3 fully saturated rings. The van der Waals surface area contributed by atoms with Crippen LogP contribution in [0.4, 0.5) is 5.69 Å². The van der Waals surface area contributed by atoms with Crippen molar-refractivity contribution >= 4 is 17.1 Å². The van der Waals surface area contributed by atoms with Gasteiger partial charge in [-0.2, -0.15) is 10.4 Å². The highest BCUT2D eigenvalue weighted by Gasteiger charge is 2.55. The summed E-state index contributed by atoms with van der Waals surface area (Å²) in [4.78, 5) is 17.5. The molecule has 1 aliphatic carbocycles. The molecule has 3 aliphatic rings. The Labute approximate surface area is 170 Å². The number of nitrogens with zero attached hydrogens (tertiary/aromatic N) is 5. The van der Waals surface area contributed by atoms with E-state index in [4.69, 9.17) is 4.74 Å². The molecular weight excluding hydrogens is 368 g/mol. The van der Waals surface area contributed by atoms with Gasteiger partial charge in [-0.3, -0.25) is 4.79 Å². The van der Waals surface area contributed by atoms with Crippen molar-refractivity contribution in [2.24, 2.45) is 5.41 Å². The summed E-state index contributed by atoms with van der Waals surface area (Å²) in [5.74, 6) is -0.0219. The van der Waals surface area contributed by atoms with Gasteiger partial charge in [0.05, 0.1) is 30.0 Å². The summed E-state index contributed by atoms with van der Waals surface area (Å²) in [6, 6.07) is 7.99. The first-order valence-electron chi connectivity index (χ1n) is 10.3. The van der Waals surface area contributed by atoms with Crippen LogP contribution in [-0.4, -0.2) is 71.9 Å². The van der Waals surface area contributed by atoms with Gasteiger partial charge in [0, 0.05) is 31.1 Å². The fourth-order valence-electron chi connectivity index (χ4n) is 5.00. The number of carbonyl (C=O) groups excluding carboxylic acids is 1. The zero-order valence-corrected chi connectivity index (χ0v) is 16.8. The van der Waals surface area contributed by atoms with Crippen molar-refractivity contribution in [1.82, 2.24) is 19.8 Å². The number of hydrogen-bond donors (Lipinski definition) is 1. The number of morpholine rings is 1. The molecule has 8 heteroatoms. The molecule has 3 atom stereocenters. The average molecular weight is 394 g/mol. The SMILES string of the molecule is C[C@@H]1CN(c2ccc(C#N)n3nccc23)C[C@H](C(=O)NC2CN(C)CC23CC3)O1. The van der Waals surface area contributed by atoms with E-state index in [0.717, 1.165) is 24.3 Å². The van der Waals surface area contributed by atoms with Crippen molar-refractivity contribution in [3.05, 3.63) is 30.1 Å². The maximum Gasteiger partial charge on any atom is 0.251 e. The molecule has 0 radical (unpaired) electrons. The molecule has 0 aromatic carbocycles. The van der Waals surface area contributed by atoms with Gasteiger partial charge in [0.25, 0.3) is 5.91 Å². The number of amides is 1. The van der Waals surface area contributed by atoms with Gasteiger partial charge in [-0.05, 0) is 45.0 Å². The number of likely N-dealkylation sites (N-methyl/N-ethyl adjacent to an activating group) is 1. The summed E-state index contributed by atoms with van der Waals surface area (Å²) < 4.78 is 7.67. The first kappa shape index (κ1) is 18.4. The molecular formula is C21H26N6O2. The van der Waals surface area contributed by atoms with E-state index in [0.29, 0.717) is 18.8 Å². The third-order valence-corrected chi connectivity index (χ3v) is 6.57. The molecule has 1 unspecified atom stereocenters. The molecule has 8 nitrogen and oxygen atoms in total. The summed E-state index contributed by atoms with van der Waals surface area (Å²) in [7, 11) is 2.12. The number of hydrogen-bond acceptors (Lipinski definition) is 6. The zero-order valence-electron chi connectivity index (χ0n) is 16.8. The van der Waals surface area contributed by atoms with Crippen molar-refractivity contribution < 1.29 is 9.53 Å². The van der Waals surface area contributed by atoms with E-state index < -0.39 is 6.10 Å². The number of likely N-dealkylation sites (tertiary alicyclic amines) is 1. The number of fused-ring (bicyclic) bond motifs is 1. The minimum atomic E-state index is -0.515. The van der Waals surface area contributed by atoms with Gasteiger partial charge in [-0.15, -0.1) is 0 Å². The van der Waals surface area contributed by atoms with Crippen LogP contribution in [0.15, 0.2) is 24.4 Å². The molecule has 1 spiro atoms. The summed E-state index contributed by atoms with van der Waals surface area (Å²) in [6.07, 6.45) is 3.50. The van der Waals surface area contributed by atoms with E-state index in [2.05, 4.69) is 33.3 Å². The fraction of sp³-hybridized carbons (Fsp3) is 0.571. The lowest BCUT2D eigenvalue weighted by molar-refractivity contribution is -0.138. The summed E-state index contributed by atoms with van der Waals surface area (Å²) >= 11 is 0. The normalized spacial score (nSPS) is 28.6. The molecule has 5 rings (SSSR count). The molecule has 152 valence electrons. The number of pyridine rings is 1. The van der Waals surface area contributed by atoms with Gasteiger partial charge in [0.1, 0.15) is 11.8 Å². The number of anilines is 1. The number of nitrogens with one attached hydrogen (secondary N) is 1. The van der Waals surface area contributed by atoms with E-state index in [1.807, 2.05) is 19.1 Å². The van der Waals surface area contributed by atoms with Crippen LogP contribution >= 0.6 is 0 Å².